The number of rotatable bonds is 3. The Hall–Kier alpha value is -2.55. The van der Waals surface area contributed by atoms with Gasteiger partial charge in [0.25, 0.3) is 0 Å². The Kier molecular flexibility index (Phi) is 3.68. The third kappa shape index (κ3) is 2.64. The molecule has 126 valence electrons. The Morgan fingerprint density at radius 3 is 2.84 bits per heavy atom. The van der Waals surface area contributed by atoms with Crippen LogP contribution in [0.3, 0.4) is 0 Å². The summed E-state index contributed by atoms with van der Waals surface area (Å²) in [5.41, 5.74) is 6.97. The molecule has 4 aromatic heterocycles. The lowest BCUT2D eigenvalue weighted by Crippen LogP contribution is -2.23. The van der Waals surface area contributed by atoms with E-state index in [0.29, 0.717) is 32.6 Å². The number of anilines is 1. The highest BCUT2D eigenvalue weighted by Gasteiger charge is 2.29. The van der Waals surface area contributed by atoms with Crippen LogP contribution in [0.2, 0.25) is 5.02 Å². The molecule has 0 unspecified atom stereocenters. The second-order valence-electron chi connectivity index (χ2n) is 5.62. The molecule has 0 saturated carbocycles. The molecule has 4 aromatic rings. The van der Waals surface area contributed by atoms with Crippen molar-refractivity contribution < 1.29 is 5.11 Å². The van der Waals surface area contributed by atoms with Gasteiger partial charge in [-0.25, -0.2) is 19.9 Å². The molecular formula is C16H13ClN6OS. The number of halogens is 1. The van der Waals surface area contributed by atoms with E-state index >= 15 is 0 Å². The first-order valence-corrected chi connectivity index (χ1v) is 8.61. The zero-order valence-corrected chi connectivity index (χ0v) is 14.7. The van der Waals surface area contributed by atoms with Crippen molar-refractivity contribution in [1.82, 2.24) is 24.3 Å². The fourth-order valence-corrected chi connectivity index (χ4v) is 3.50. The number of pyridine rings is 1. The lowest BCUT2D eigenvalue weighted by molar-refractivity contribution is 0.101. The number of imidazole rings is 1. The van der Waals surface area contributed by atoms with Crippen molar-refractivity contribution >= 4 is 34.5 Å². The molecule has 0 aromatic carbocycles. The van der Waals surface area contributed by atoms with Crippen LogP contribution in [0.5, 0.6) is 0 Å². The van der Waals surface area contributed by atoms with E-state index in [1.54, 1.807) is 25.5 Å². The minimum atomic E-state index is -1.22. The van der Waals surface area contributed by atoms with Gasteiger partial charge >= 0.3 is 0 Å². The lowest BCUT2D eigenvalue weighted by atomic mass is 9.98. The van der Waals surface area contributed by atoms with Gasteiger partial charge < -0.3 is 10.8 Å². The highest BCUT2D eigenvalue weighted by molar-refractivity contribution is 7.09. The molecule has 0 fully saturated rings. The monoisotopic (exact) mass is 372 g/mol. The summed E-state index contributed by atoms with van der Waals surface area (Å²) in [6.45, 7) is 1.71. The van der Waals surface area contributed by atoms with Crippen LogP contribution >= 0.6 is 22.9 Å². The largest absolute Gasteiger partial charge is 0.378 e. The maximum absolute atomic E-state index is 10.9. The van der Waals surface area contributed by atoms with Crippen molar-refractivity contribution in [1.29, 1.82) is 0 Å². The number of thiazole rings is 1. The van der Waals surface area contributed by atoms with Gasteiger partial charge in [0.15, 0.2) is 0 Å². The predicted octanol–water partition coefficient (Wildman–Crippen LogP) is 2.74. The Balaban J connectivity index is 1.90. The Labute approximate surface area is 151 Å². The summed E-state index contributed by atoms with van der Waals surface area (Å²) in [6, 6.07) is 3.64. The van der Waals surface area contributed by atoms with Gasteiger partial charge in [0.05, 0.1) is 23.1 Å². The molecule has 0 amide bonds. The van der Waals surface area contributed by atoms with Gasteiger partial charge in [-0.3, -0.25) is 4.40 Å². The molecule has 0 aliphatic carbocycles. The summed E-state index contributed by atoms with van der Waals surface area (Å²) in [5.74, 6) is 0.125. The van der Waals surface area contributed by atoms with Crippen molar-refractivity contribution in [3.63, 3.8) is 0 Å². The van der Waals surface area contributed by atoms with E-state index in [1.165, 1.54) is 17.5 Å². The zero-order chi connectivity index (χ0) is 17.6. The Bertz CT molecular complexity index is 1060. The highest BCUT2D eigenvalue weighted by atomic mass is 35.5. The van der Waals surface area contributed by atoms with E-state index in [0.717, 1.165) is 0 Å². The van der Waals surface area contributed by atoms with Crippen molar-refractivity contribution in [3.05, 3.63) is 57.9 Å². The van der Waals surface area contributed by atoms with Gasteiger partial charge in [-0.1, -0.05) is 17.7 Å². The molecule has 4 rings (SSSR count). The molecule has 0 spiro atoms. The van der Waals surface area contributed by atoms with E-state index < -0.39 is 5.60 Å². The van der Waals surface area contributed by atoms with E-state index in [1.807, 2.05) is 21.9 Å². The molecule has 0 saturated heterocycles. The van der Waals surface area contributed by atoms with Crippen LogP contribution in [0.4, 0.5) is 5.95 Å². The van der Waals surface area contributed by atoms with E-state index in [4.69, 9.17) is 17.3 Å². The molecule has 0 radical (unpaired) electrons. The number of hydrogen-bond donors (Lipinski definition) is 2. The summed E-state index contributed by atoms with van der Waals surface area (Å²) in [4.78, 5) is 16.7. The van der Waals surface area contributed by atoms with Crippen molar-refractivity contribution in [2.75, 3.05) is 5.73 Å². The molecule has 7 nitrogen and oxygen atoms in total. The summed E-state index contributed by atoms with van der Waals surface area (Å²) in [5, 5.41) is 13.8. The maximum Gasteiger partial charge on any atom is 0.220 e. The smallest absolute Gasteiger partial charge is 0.220 e. The Morgan fingerprint density at radius 2 is 2.08 bits per heavy atom. The number of nitrogens with zero attached hydrogens (tertiary/aromatic N) is 5. The topological polar surface area (TPSA) is 102 Å². The summed E-state index contributed by atoms with van der Waals surface area (Å²) in [7, 11) is 0. The molecule has 1 atom stereocenters. The normalized spacial score (nSPS) is 13.9. The van der Waals surface area contributed by atoms with Crippen LogP contribution in [0.1, 0.15) is 17.5 Å². The molecule has 0 aliphatic heterocycles. The lowest BCUT2D eigenvalue weighted by Gasteiger charge is -2.21. The van der Waals surface area contributed by atoms with Crippen LogP contribution in [-0.4, -0.2) is 29.4 Å². The number of aliphatic hydroxyl groups is 1. The fourth-order valence-electron chi connectivity index (χ4n) is 2.59. The van der Waals surface area contributed by atoms with Gasteiger partial charge in [-0.05, 0) is 13.0 Å². The summed E-state index contributed by atoms with van der Waals surface area (Å²) >= 11 is 7.61. The van der Waals surface area contributed by atoms with Crippen molar-refractivity contribution in [2.24, 2.45) is 0 Å². The van der Waals surface area contributed by atoms with E-state index in [2.05, 4.69) is 19.9 Å². The number of nitrogens with two attached hydrogens (primary N) is 1. The van der Waals surface area contributed by atoms with Crippen LogP contribution in [-0.2, 0) is 5.60 Å². The van der Waals surface area contributed by atoms with Crippen molar-refractivity contribution in [3.8, 4) is 11.4 Å². The van der Waals surface area contributed by atoms with Gasteiger partial charge in [-0.15, -0.1) is 11.3 Å². The highest BCUT2D eigenvalue weighted by Crippen LogP contribution is 2.32. The molecule has 0 aliphatic rings. The second-order valence-corrected chi connectivity index (χ2v) is 6.93. The molecular weight excluding hydrogens is 360 g/mol. The molecule has 9 heteroatoms. The number of fused-ring (bicyclic) bond motifs is 1. The van der Waals surface area contributed by atoms with Crippen LogP contribution in [0.15, 0.2) is 42.3 Å². The minimum absolute atomic E-state index is 0.125. The van der Waals surface area contributed by atoms with Gasteiger partial charge in [-0.2, -0.15) is 0 Å². The van der Waals surface area contributed by atoms with Gasteiger partial charge in [0.2, 0.25) is 5.95 Å². The first-order chi connectivity index (χ1) is 12.0. The first-order valence-electron chi connectivity index (χ1n) is 7.35. The SMILES string of the molecule is C[C@@](O)(c1ccc2ncc(-c3nc(N)ncc3Cl)n2c1)c1nccs1. The number of hydrogen-bond acceptors (Lipinski definition) is 7. The van der Waals surface area contributed by atoms with Gasteiger partial charge in [0, 0.05) is 23.3 Å². The van der Waals surface area contributed by atoms with E-state index in [-0.39, 0.29) is 5.95 Å². The standard InChI is InChI=1S/C16H13ClN6OS/c1-16(24,14-19-4-5-25-14)9-2-3-12-20-7-11(23(12)8-9)13-10(17)6-21-15(18)22-13/h2-8,24H,1H3,(H2,18,21,22)/t16-/m1/s1. The molecule has 4 heterocycles. The average Bonchev–Trinajstić information content (AvgIpc) is 3.26. The predicted molar refractivity (Wildman–Crippen MR) is 96.4 cm³/mol. The second kappa shape index (κ2) is 5.76. The minimum Gasteiger partial charge on any atom is -0.378 e. The summed E-state index contributed by atoms with van der Waals surface area (Å²) < 4.78 is 1.81. The van der Waals surface area contributed by atoms with Crippen LogP contribution in [0, 0.1) is 0 Å². The third-order valence-electron chi connectivity index (χ3n) is 3.92. The number of nitrogen functional groups attached to an aromatic ring is 1. The zero-order valence-electron chi connectivity index (χ0n) is 13.1. The third-order valence-corrected chi connectivity index (χ3v) is 5.18. The van der Waals surface area contributed by atoms with Crippen LogP contribution in [0.25, 0.3) is 17.0 Å². The number of aromatic nitrogens is 5. The summed E-state index contributed by atoms with van der Waals surface area (Å²) in [6.07, 6.45) is 6.58. The van der Waals surface area contributed by atoms with Gasteiger partial charge in [0.1, 0.15) is 21.9 Å². The van der Waals surface area contributed by atoms with E-state index in [9.17, 15) is 5.11 Å². The Morgan fingerprint density at radius 1 is 1.24 bits per heavy atom. The average molecular weight is 373 g/mol. The molecule has 25 heavy (non-hydrogen) atoms. The first kappa shape index (κ1) is 15.9. The maximum atomic E-state index is 10.9. The quantitative estimate of drug-likeness (QED) is 0.573. The molecule has 3 N–H and O–H groups in total. The fraction of sp³-hybridized carbons (Fsp3) is 0.125. The molecule has 0 bridgehead atoms. The van der Waals surface area contributed by atoms with Crippen molar-refractivity contribution in [2.45, 2.75) is 12.5 Å². The van der Waals surface area contributed by atoms with Crippen LogP contribution < -0.4 is 5.73 Å².